The molecule has 0 radical (unpaired) electrons. The molecule has 0 aliphatic carbocycles. The number of hydrogen-bond acceptors (Lipinski definition) is 3. The van der Waals surface area contributed by atoms with E-state index < -0.39 is 11.9 Å². The third-order valence-corrected chi connectivity index (χ3v) is 2.89. The Bertz CT molecular complexity index is 386. The van der Waals surface area contributed by atoms with Crippen LogP contribution in [0.5, 0.6) is 0 Å². The standard InChI is InChI=1S/C11H16N2O3/c1-7(2)13-6-8(5-12-13)10-9(11(14)15)3-4-16-10/h5-7,9-10H,3-4H2,1-2H3,(H,14,15)/t9-,10-/m1/s1. The van der Waals surface area contributed by atoms with Crippen LogP contribution in [0.2, 0.25) is 0 Å². The first-order valence-corrected chi connectivity index (χ1v) is 5.48. The van der Waals surface area contributed by atoms with Gasteiger partial charge in [-0.15, -0.1) is 0 Å². The van der Waals surface area contributed by atoms with Crippen molar-refractivity contribution in [1.82, 2.24) is 9.78 Å². The summed E-state index contributed by atoms with van der Waals surface area (Å²) in [5.74, 6) is -1.23. The average Bonchev–Trinajstić information content (AvgIpc) is 2.86. The van der Waals surface area contributed by atoms with E-state index in [4.69, 9.17) is 9.84 Å². The molecule has 0 aromatic carbocycles. The minimum absolute atomic E-state index is 0.276. The number of aliphatic carboxylic acids is 1. The van der Waals surface area contributed by atoms with Crippen LogP contribution in [-0.4, -0.2) is 27.5 Å². The van der Waals surface area contributed by atoms with Gasteiger partial charge in [0.2, 0.25) is 0 Å². The van der Waals surface area contributed by atoms with Gasteiger partial charge in [0.25, 0.3) is 0 Å². The van der Waals surface area contributed by atoms with Gasteiger partial charge < -0.3 is 9.84 Å². The maximum absolute atomic E-state index is 11.0. The molecule has 1 N–H and O–H groups in total. The Hall–Kier alpha value is -1.36. The van der Waals surface area contributed by atoms with E-state index in [0.29, 0.717) is 13.0 Å². The van der Waals surface area contributed by atoms with E-state index in [-0.39, 0.29) is 12.1 Å². The molecule has 0 spiro atoms. The molecular formula is C11H16N2O3. The summed E-state index contributed by atoms with van der Waals surface area (Å²) in [4.78, 5) is 11.0. The summed E-state index contributed by atoms with van der Waals surface area (Å²) < 4.78 is 7.29. The highest BCUT2D eigenvalue weighted by molar-refractivity contribution is 5.71. The number of carboxylic acid groups (broad SMARTS) is 1. The molecule has 2 rings (SSSR count). The predicted octanol–water partition coefficient (Wildman–Crippen LogP) is 1.63. The summed E-state index contributed by atoms with van der Waals surface area (Å²) >= 11 is 0. The minimum Gasteiger partial charge on any atom is -0.481 e. The highest BCUT2D eigenvalue weighted by Crippen LogP contribution is 2.34. The molecule has 1 aliphatic heterocycles. The fourth-order valence-corrected chi connectivity index (χ4v) is 1.95. The third-order valence-electron chi connectivity index (χ3n) is 2.89. The van der Waals surface area contributed by atoms with E-state index in [1.54, 1.807) is 6.20 Å². The van der Waals surface area contributed by atoms with E-state index in [0.717, 1.165) is 5.56 Å². The smallest absolute Gasteiger partial charge is 0.309 e. The molecule has 1 aliphatic rings. The number of nitrogens with zero attached hydrogens (tertiary/aromatic N) is 2. The normalized spacial score (nSPS) is 25.2. The van der Waals surface area contributed by atoms with Crippen molar-refractivity contribution in [2.75, 3.05) is 6.61 Å². The monoisotopic (exact) mass is 224 g/mol. The van der Waals surface area contributed by atoms with Gasteiger partial charge in [0.1, 0.15) is 0 Å². The molecule has 1 saturated heterocycles. The second kappa shape index (κ2) is 4.25. The van der Waals surface area contributed by atoms with Crippen molar-refractivity contribution in [2.45, 2.75) is 32.4 Å². The Labute approximate surface area is 94.0 Å². The van der Waals surface area contributed by atoms with E-state index >= 15 is 0 Å². The summed E-state index contributed by atoms with van der Waals surface area (Å²) in [6.45, 7) is 4.57. The zero-order valence-corrected chi connectivity index (χ0v) is 9.46. The molecule has 16 heavy (non-hydrogen) atoms. The Morgan fingerprint density at radius 1 is 1.69 bits per heavy atom. The number of ether oxygens (including phenoxy) is 1. The van der Waals surface area contributed by atoms with Crippen LogP contribution in [0.4, 0.5) is 0 Å². The van der Waals surface area contributed by atoms with E-state index in [1.165, 1.54) is 0 Å². The lowest BCUT2D eigenvalue weighted by Gasteiger charge is -2.12. The lowest BCUT2D eigenvalue weighted by Crippen LogP contribution is -2.17. The Balaban J connectivity index is 2.19. The number of carbonyl (C=O) groups is 1. The third kappa shape index (κ3) is 1.95. The van der Waals surface area contributed by atoms with Crippen molar-refractivity contribution in [3.05, 3.63) is 18.0 Å². The van der Waals surface area contributed by atoms with Crippen LogP contribution in [0.25, 0.3) is 0 Å². The van der Waals surface area contributed by atoms with Gasteiger partial charge in [0.15, 0.2) is 0 Å². The molecule has 1 aromatic heterocycles. The topological polar surface area (TPSA) is 64.3 Å². The van der Waals surface area contributed by atoms with Gasteiger partial charge in [-0.1, -0.05) is 0 Å². The van der Waals surface area contributed by atoms with Crippen molar-refractivity contribution >= 4 is 5.97 Å². The lowest BCUT2D eigenvalue weighted by molar-refractivity contribution is -0.143. The Morgan fingerprint density at radius 3 is 3.00 bits per heavy atom. The van der Waals surface area contributed by atoms with Crippen molar-refractivity contribution < 1.29 is 14.6 Å². The van der Waals surface area contributed by atoms with Crippen molar-refractivity contribution in [2.24, 2.45) is 5.92 Å². The number of rotatable bonds is 3. The van der Waals surface area contributed by atoms with Gasteiger partial charge >= 0.3 is 5.97 Å². The lowest BCUT2D eigenvalue weighted by atomic mass is 9.98. The summed E-state index contributed by atoms with van der Waals surface area (Å²) in [7, 11) is 0. The maximum atomic E-state index is 11.0. The molecular weight excluding hydrogens is 208 g/mol. The van der Waals surface area contributed by atoms with Crippen LogP contribution in [0.15, 0.2) is 12.4 Å². The van der Waals surface area contributed by atoms with E-state index in [9.17, 15) is 4.79 Å². The van der Waals surface area contributed by atoms with Gasteiger partial charge in [-0.3, -0.25) is 9.48 Å². The van der Waals surface area contributed by atoms with Gasteiger partial charge in [0, 0.05) is 24.4 Å². The number of carboxylic acids is 1. The first kappa shape index (κ1) is 11.1. The molecule has 2 heterocycles. The first-order valence-electron chi connectivity index (χ1n) is 5.48. The molecule has 1 fully saturated rings. The molecule has 5 nitrogen and oxygen atoms in total. The Morgan fingerprint density at radius 2 is 2.44 bits per heavy atom. The van der Waals surface area contributed by atoms with Crippen molar-refractivity contribution in [3.63, 3.8) is 0 Å². The van der Waals surface area contributed by atoms with Gasteiger partial charge in [-0.25, -0.2) is 0 Å². The zero-order valence-electron chi connectivity index (χ0n) is 9.46. The second-order valence-electron chi connectivity index (χ2n) is 4.37. The van der Waals surface area contributed by atoms with E-state index in [2.05, 4.69) is 5.10 Å². The molecule has 0 amide bonds. The minimum atomic E-state index is -0.792. The fourth-order valence-electron chi connectivity index (χ4n) is 1.95. The molecule has 88 valence electrons. The summed E-state index contributed by atoms with van der Waals surface area (Å²) in [6.07, 6.45) is 3.81. The Kier molecular flexibility index (Phi) is 2.96. The molecule has 0 saturated carbocycles. The quantitative estimate of drug-likeness (QED) is 0.847. The summed E-state index contributed by atoms with van der Waals surface area (Å²) in [5.41, 5.74) is 0.860. The van der Waals surface area contributed by atoms with Crippen LogP contribution in [-0.2, 0) is 9.53 Å². The number of hydrogen-bond donors (Lipinski definition) is 1. The molecule has 1 aromatic rings. The highest BCUT2D eigenvalue weighted by atomic mass is 16.5. The molecule has 5 heteroatoms. The highest BCUT2D eigenvalue weighted by Gasteiger charge is 2.35. The van der Waals surface area contributed by atoms with Crippen LogP contribution < -0.4 is 0 Å². The molecule has 2 atom stereocenters. The summed E-state index contributed by atoms with van der Waals surface area (Å²) in [5, 5.41) is 13.3. The van der Waals surface area contributed by atoms with Gasteiger partial charge in [-0.2, -0.15) is 5.10 Å². The fraction of sp³-hybridized carbons (Fsp3) is 0.636. The van der Waals surface area contributed by atoms with Crippen LogP contribution in [0, 0.1) is 5.92 Å². The largest absolute Gasteiger partial charge is 0.481 e. The van der Waals surface area contributed by atoms with E-state index in [1.807, 2.05) is 24.7 Å². The second-order valence-corrected chi connectivity index (χ2v) is 4.37. The van der Waals surface area contributed by atoms with Gasteiger partial charge in [0.05, 0.1) is 18.2 Å². The van der Waals surface area contributed by atoms with Crippen LogP contribution in [0.3, 0.4) is 0 Å². The summed E-state index contributed by atoms with van der Waals surface area (Å²) in [6, 6.07) is 0.276. The average molecular weight is 224 g/mol. The molecule has 0 bridgehead atoms. The van der Waals surface area contributed by atoms with Crippen molar-refractivity contribution in [3.8, 4) is 0 Å². The van der Waals surface area contributed by atoms with Crippen molar-refractivity contribution in [1.29, 1.82) is 0 Å². The first-order chi connectivity index (χ1) is 7.59. The van der Waals surface area contributed by atoms with Gasteiger partial charge in [-0.05, 0) is 20.3 Å². The molecule has 0 unspecified atom stereocenters. The zero-order chi connectivity index (χ0) is 11.7. The maximum Gasteiger partial charge on any atom is 0.309 e. The predicted molar refractivity (Wildman–Crippen MR) is 57.0 cm³/mol. The number of aromatic nitrogens is 2. The SMILES string of the molecule is CC(C)n1cc([C@H]2OCC[C@H]2C(=O)O)cn1. The van der Waals surface area contributed by atoms with Crippen LogP contribution in [0.1, 0.15) is 38.0 Å². The van der Waals surface area contributed by atoms with Crippen LogP contribution >= 0.6 is 0 Å².